The van der Waals surface area contributed by atoms with Gasteiger partial charge in [0.15, 0.2) is 0 Å². The minimum absolute atomic E-state index is 0.388. The van der Waals surface area contributed by atoms with Gasteiger partial charge in [-0.15, -0.1) is 0 Å². The van der Waals surface area contributed by atoms with E-state index in [2.05, 4.69) is 16.9 Å². The largest absolute Gasteiger partial charge is 0.491 e. The monoisotopic (exact) mass is 248 g/mol. The van der Waals surface area contributed by atoms with E-state index in [0.29, 0.717) is 13.2 Å². The van der Waals surface area contributed by atoms with Crippen molar-refractivity contribution >= 4 is 0 Å². The molecule has 6 nitrogen and oxygen atoms in total. The van der Waals surface area contributed by atoms with E-state index in [1.807, 2.05) is 30.3 Å². The number of nitrogens with one attached hydrogen (secondary N) is 2. The molecule has 4 N–H and O–H groups in total. The normalized spacial score (nSPS) is 26.8. The molecule has 1 heterocycles. The van der Waals surface area contributed by atoms with Crippen LogP contribution >= 0.6 is 0 Å². The van der Waals surface area contributed by atoms with Gasteiger partial charge in [0.25, 0.3) is 0 Å². The first-order valence-electron chi connectivity index (χ1n) is 5.77. The predicted octanol–water partition coefficient (Wildman–Crippen LogP) is -0.0595. The van der Waals surface area contributed by atoms with Gasteiger partial charge in [-0.05, 0) is 12.1 Å². The lowest BCUT2D eigenvalue weighted by Crippen LogP contribution is -2.39. The van der Waals surface area contributed by atoms with E-state index in [9.17, 15) is 0 Å². The van der Waals surface area contributed by atoms with Crippen LogP contribution < -0.4 is 21.3 Å². The van der Waals surface area contributed by atoms with Crippen LogP contribution in [0, 0.1) is 17.2 Å². The van der Waals surface area contributed by atoms with Crippen LogP contribution in [0.3, 0.4) is 0 Å². The Bertz CT molecular complexity index is 406. The van der Waals surface area contributed by atoms with Crippen LogP contribution in [0.2, 0.25) is 0 Å². The van der Waals surface area contributed by atoms with Gasteiger partial charge >= 0.3 is 0 Å². The zero-order chi connectivity index (χ0) is 12.8. The van der Waals surface area contributed by atoms with E-state index in [1.165, 1.54) is 0 Å². The Morgan fingerprint density at radius 2 is 2.00 bits per heavy atom. The van der Waals surface area contributed by atoms with Crippen molar-refractivity contribution in [3.63, 3.8) is 0 Å². The maximum Gasteiger partial charge on any atom is 0.139 e. The summed E-state index contributed by atoms with van der Waals surface area (Å²) < 4.78 is 11.0. The van der Waals surface area contributed by atoms with Gasteiger partial charge in [-0.2, -0.15) is 5.26 Å². The number of hydrogen-bond acceptors (Lipinski definition) is 6. The highest BCUT2D eigenvalue weighted by Gasteiger charge is 2.34. The van der Waals surface area contributed by atoms with Gasteiger partial charge in [-0.3, -0.25) is 0 Å². The average molecular weight is 248 g/mol. The summed E-state index contributed by atoms with van der Waals surface area (Å²) in [5.41, 5.74) is 11.3. The van der Waals surface area contributed by atoms with Crippen molar-refractivity contribution < 1.29 is 9.47 Å². The molecule has 1 aliphatic heterocycles. The van der Waals surface area contributed by atoms with Crippen LogP contribution in [0.15, 0.2) is 30.3 Å². The molecule has 18 heavy (non-hydrogen) atoms. The smallest absolute Gasteiger partial charge is 0.139 e. The summed E-state index contributed by atoms with van der Waals surface area (Å²) in [7, 11) is 0. The first-order valence-corrected chi connectivity index (χ1v) is 5.77. The number of nitrogens with two attached hydrogens (primary N) is 1. The lowest BCUT2D eigenvalue weighted by atomic mass is 10.1. The maximum atomic E-state index is 8.92. The summed E-state index contributed by atoms with van der Waals surface area (Å²) in [6.07, 6.45) is -0.806. The van der Waals surface area contributed by atoms with Gasteiger partial charge in [-0.1, -0.05) is 18.2 Å². The molecule has 2 rings (SSSR count). The Kier molecular flexibility index (Phi) is 4.50. The van der Waals surface area contributed by atoms with Gasteiger partial charge in [-0.25, -0.2) is 10.9 Å². The molecular formula is C12H16N4O2. The summed E-state index contributed by atoms with van der Waals surface area (Å²) in [4.78, 5) is 0. The number of hydrazine groups is 1. The molecule has 1 saturated heterocycles. The zero-order valence-electron chi connectivity index (χ0n) is 9.87. The molecule has 0 aromatic heterocycles. The molecule has 0 radical (unpaired) electrons. The van der Waals surface area contributed by atoms with Crippen molar-refractivity contribution in [3.05, 3.63) is 30.3 Å². The van der Waals surface area contributed by atoms with Gasteiger partial charge in [0.05, 0.1) is 18.8 Å². The highest BCUT2D eigenvalue weighted by molar-refractivity contribution is 5.20. The van der Waals surface area contributed by atoms with E-state index in [-0.39, 0.29) is 0 Å². The minimum atomic E-state index is -0.407. The molecule has 3 atom stereocenters. The second-order valence-electron chi connectivity index (χ2n) is 3.92. The number of nitriles is 1. The van der Waals surface area contributed by atoms with Gasteiger partial charge < -0.3 is 15.2 Å². The Balaban J connectivity index is 1.69. The fourth-order valence-electron chi connectivity index (χ4n) is 1.69. The molecule has 0 spiro atoms. The van der Waals surface area contributed by atoms with E-state index in [1.54, 1.807) is 0 Å². The number of ether oxygens (including phenoxy) is 2. The Morgan fingerprint density at radius 3 is 2.72 bits per heavy atom. The fourth-order valence-corrected chi connectivity index (χ4v) is 1.69. The number of rotatable bonds is 5. The van der Waals surface area contributed by atoms with Crippen LogP contribution in [0.5, 0.6) is 5.75 Å². The van der Waals surface area contributed by atoms with Gasteiger partial charge in [0.2, 0.25) is 0 Å². The Hall–Kier alpha value is -1.65. The van der Waals surface area contributed by atoms with E-state index >= 15 is 0 Å². The van der Waals surface area contributed by atoms with Crippen molar-refractivity contribution in [1.29, 1.82) is 5.26 Å². The average Bonchev–Trinajstić information content (AvgIpc) is 2.76. The molecule has 0 aliphatic carbocycles. The zero-order valence-corrected chi connectivity index (χ0v) is 9.87. The second-order valence-corrected chi connectivity index (χ2v) is 3.92. The lowest BCUT2D eigenvalue weighted by molar-refractivity contribution is 0.00734. The molecule has 1 aromatic rings. The Morgan fingerprint density at radius 1 is 1.22 bits per heavy atom. The molecule has 0 bridgehead atoms. The second kappa shape index (κ2) is 6.33. The molecule has 1 aromatic carbocycles. The molecule has 6 heteroatoms. The summed E-state index contributed by atoms with van der Waals surface area (Å²) in [6, 6.07) is 11.6. The first-order chi connectivity index (χ1) is 8.81. The van der Waals surface area contributed by atoms with Crippen LogP contribution in [0.1, 0.15) is 0 Å². The molecule has 0 amide bonds. The van der Waals surface area contributed by atoms with Crippen LogP contribution in [0.4, 0.5) is 0 Å². The van der Waals surface area contributed by atoms with Crippen LogP contribution in [-0.4, -0.2) is 25.6 Å². The highest BCUT2D eigenvalue weighted by atomic mass is 16.5. The van der Waals surface area contributed by atoms with Crippen molar-refractivity contribution in [3.8, 4) is 11.8 Å². The summed E-state index contributed by atoms with van der Waals surface area (Å²) in [5.74, 6) is 0.397. The van der Waals surface area contributed by atoms with E-state index < -0.39 is 18.3 Å². The SMILES string of the molecule is N#CC1C(N)NNC1OCCOc1ccccc1. The van der Waals surface area contributed by atoms with Crippen molar-refractivity contribution in [1.82, 2.24) is 10.9 Å². The number of benzene rings is 1. The molecule has 3 unspecified atom stereocenters. The highest BCUT2D eigenvalue weighted by Crippen LogP contribution is 2.12. The minimum Gasteiger partial charge on any atom is -0.491 e. The summed E-state index contributed by atoms with van der Waals surface area (Å²) in [6.45, 7) is 0.814. The number of nitrogens with zero attached hydrogens (tertiary/aromatic N) is 1. The third-order valence-electron chi connectivity index (χ3n) is 2.65. The predicted molar refractivity (Wildman–Crippen MR) is 65.0 cm³/mol. The van der Waals surface area contributed by atoms with E-state index in [4.69, 9.17) is 20.5 Å². The summed E-state index contributed by atoms with van der Waals surface area (Å²) in [5, 5.41) is 8.92. The van der Waals surface area contributed by atoms with Gasteiger partial charge in [0.1, 0.15) is 24.5 Å². The molecular weight excluding hydrogens is 232 g/mol. The summed E-state index contributed by atoms with van der Waals surface area (Å²) >= 11 is 0. The maximum absolute atomic E-state index is 8.92. The van der Waals surface area contributed by atoms with Crippen LogP contribution in [-0.2, 0) is 4.74 Å². The fraction of sp³-hybridized carbons (Fsp3) is 0.417. The Labute approximate surface area is 106 Å². The molecule has 0 saturated carbocycles. The van der Waals surface area contributed by atoms with Crippen LogP contribution in [0.25, 0.3) is 0 Å². The number of para-hydroxylation sites is 1. The first kappa shape index (κ1) is 12.8. The third-order valence-corrected chi connectivity index (χ3v) is 2.65. The van der Waals surface area contributed by atoms with Crippen molar-refractivity contribution in [2.45, 2.75) is 12.4 Å². The van der Waals surface area contributed by atoms with Gasteiger partial charge in [0, 0.05) is 0 Å². The standard InChI is InChI=1S/C12H16N4O2/c13-8-10-11(14)15-16-12(10)18-7-6-17-9-4-2-1-3-5-9/h1-5,10-12,15-16H,6-7,14H2. The van der Waals surface area contributed by atoms with Crippen molar-refractivity contribution in [2.24, 2.45) is 11.7 Å². The molecule has 96 valence electrons. The van der Waals surface area contributed by atoms with E-state index in [0.717, 1.165) is 5.75 Å². The molecule has 1 fully saturated rings. The topological polar surface area (TPSA) is 92.3 Å². The third kappa shape index (κ3) is 3.18. The van der Waals surface area contributed by atoms with Crippen molar-refractivity contribution in [2.75, 3.05) is 13.2 Å². The quantitative estimate of drug-likeness (QED) is 0.632. The lowest BCUT2D eigenvalue weighted by Gasteiger charge is -2.15. The molecule has 1 aliphatic rings. The number of hydrogen-bond donors (Lipinski definition) is 3.